The third-order valence-electron chi connectivity index (χ3n) is 7.70. The first-order chi connectivity index (χ1) is 32.8. The quantitative estimate of drug-likeness (QED) is 0.0816. The Hall–Kier alpha value is -1.98. The van der Waals surface area contributed by atoms with Gasteiger partial charge in [-0.25, -0.2) is 4.79 Å². The van der Waals surface area contributed by atoms with Crippen molar-refractivity contribution in [1.82, 2.24) is 5.32 Å². The van der Waals surface area contributed by atoms with Gasteiger partial charge in [0.15, 0.2) is 0 Å². The van der Waals surface area contributed by atoms with Crippen molar-refractivity contribution in [2.45, 2.75) is 32.8 Å². The summed E-state index contributed by atoms with van der Waals surface area (Å²) in [5.74, 6) is -0.879. The number of hydrogen-bond donors (Lipinski definition) is 2. The van der Waals surface area contributed by atoms with Gasteiger partial charge in [0.25, 0.3) is 0 Å². The zero-order chi connectivity index (χ0) is 48.7. The molecule has 0 spiro atoms. The van der Waals surface area contributed by atoms with Gasteiger partial charge in [0.2, 0.25) is 0 Å². The van der Waals surface area contributed by atoms with Gasteiger partial charge in [-0.05, 0) is 20.8 Å². The monoisotopic (exact) mass is 982 g/mol. The van der Waals surface area contributed by atoms with Crippen LogP contribution in [0.15, 0.2) is 0 Å². The summed E-state index contributed by atoms with van der Waals surface area (Å²) in [7, 11) is 0. The largest absolute Gasteiger partial charge is 0.481 e. The average molecular weight is 982 g/mol. The van der Waals surface area contributed by atoms with Gasteiger partial charge in [-0.3, -0.25) is 4.79 Å². The lowest BCUT2D eigenvalue weighted by Gasteiger charge is -2.19. The maximum atomic E-state index is 11.5. The van der Waals surface area contributed by atoms with Crippen LogP contribution in [0.3, 0.4) is 0 Å². The number of carbonyl (C=O) groups excluding carboxylic acids is 1. The highest BCUT2D eigenvalue weighted by Gasteiger charge is 2.15. The second-order valence-corrected chi connectivity index (χ2v) is 14.6. The minimum atomic E-state index is -0.879. The number of amides is 1. The molecule has 0 rings (SSSR count). The summed E-state index contributed by atoms with van der Waals surface area (Å²) in [6.45, 7) is 22.2. The second-order valence-electron chi connectivity index (χ2n) is 14.6. The maximum absolute atomic E-state index is 11.5. The first-order valence-electron chi connectivity index (χ1n) is 23.4. The highest BCUT2D eigenvalue weighted by molar-refractivity contribution is 5.67. The number of rotatable bonds is 57. The van der Waals surface area contributed by atoms with E-state index in [2.05, 4.69) is 5.32 Å². The first-order valence-corrected chi connectivity index (χ1v) is 23.4. The molecule has 0 aliphatic heterocycles. The van der Waals surface area contributed by atoms with Crippen LogP contribution in [0.1, 0.15) is 27.2 Å². The molecule has 0 radical (unpaired) electrons. The van der Waals surface area contributed by atoms with Gasteiger partial charge >= 0.3 is 12.1 Å². The minimum Gasteiger partial charge on any atom is -0.481 e. The summed E-state index contributed by atoms with van der Waals surface area (Å²) in [6.07, 6.45) is -0.468. The summed E-state index contributed by atoms with van der Waals surface area (Å²) in [4.78, 5) is 21.9. The SMILES string of the molecule is CC(C)(C)OC(=O)NCCOCCOCCOCCOCCOCCOCCOCCOCCOCCOCCOCCOCCOCCOCCOCCOCCOCCOCCC(=O)O. The van der Waals surface area contributed by atoms with Gasteiger partial charge in [0.1, 0.15) is 5.60 Å². The Balaban J connectivity index is 3.10. The van der Waals surface area contributed by atoms with E-state index < -0.39 is 17.7 Å². The summed E-state index contributed by atoms with van der Waals surface area (Å²) in [5, 5.41) is 11.1. The van der Waals surface area contributed by atoms with Gasteiger partial charge in [0, 0.05) is 6.54 Å². The van der Waals surface area contributed by atoms with E-state index >= 15 is 0 Å². The van der Waals surface area contributed by atoms with Crippen LogP contribution < -0.4 is 5.32 Å². The van der Waals surface area contributed by atoms with E-state index in [0.29, 0.717) is 238 Å². The fourth-order valence-electron chi connectivity index (χ4n) is 4.54. The molecule has 0 saturated heterocycles. The molecular weight excluding hydrogens is 894 g/mol. The molecule has 0 saturated carbocycles. The van der Waals surface area contributed by atoms with Crippen molar-refractivity contribution in [3.05, 3.63) is 0 Å². The fraction of sp³-hybridized carbons (Fsp3) is 0.955. The lowest BCUT2D eigenvalue weighted by atomic mass is 10.2. The van der Waals surface area contributed by atoms with Crippen LogP contribution in [0.4, 0.5) is 4.79 Å². The molecule has 2 N–H and O–H groups in total. The third-order valence-corrected chi connectivity index (χ3v) is 7.70. The topological polar surface area (TPSA) is 242 Å². The molecule has 0 aromatic carbocycles. The average Bonchev–Trinajstić information content (AvgIpc) is 3.29. The van der Waals surface area contributed by atoms with Crippen molar-refractivity contribution in [3.8, 4) is 0 Å². The molecule has 67 heavy (non-hydrogen) atoms. The molecule has 23 heteroatoms. The predicted octanol–water partition coefficient (Wildman–Crippen LogP) is 1.28. The van der Waals surface area contributed by atoms with Crippen LogP contribution in [0.2, 0.25) is 0 Å². The number of nitrogens with one attached hydrogen (secondary N) is 1. The highest BCUT2D eigenvalue weighted by Crippen LogP contribution is 2.06. The Bertz CT molecular complexity index is 1000. The first kappa shape index (κ1) is 65.0. The number of hydrogen-bond acceptors (Lipinski definition) is 21. The van der Waals surface area contributed by atoms with Gasteiger partial charge in [-0.1, -0.05) is 0 Å². The molecule has 0 aliphatic carbocycles. The van der Waals surface area contributed by atoms with E-state index in [1.54, 1.807) is 0 Å². The Morgan fingerprint density at radius 3 is 0.627 bits per heavy atom. The number of carbonyl (C=O) groups is 2. The van der Waals surface area contributed by atoms with E-state index in [-0.39, 0.29) is 13.0 Å². The summed E-state index contributed by atoms with van der Waals surface area (Å²) in [5.41, 5.74) is -0.520. The Morgan fingerprint density at radius 2 is 0.463 bits per heavy atom. The van der Waals surface area contributed by atoms with E-state index in [1.165, 1.54) is 0 Å². The van der Waals surface area contributed by atoms with E-state index in [9.17, 15) is 9.59 Å². The molecule has 0 fully saturated rings. The summed E-state index contributed by atoms with van der Waals surface area (Å²) < 4.78 is 103. The standard InChI is InChI=1S/C44H87NO22/c1-44(2,3)67-43(48)45-5-7-50-9-11-52-13-15-54-17-19-56-21-23-58-25-27-60-29-31-62-33-35-64-37-39-66-41-40-65-38-36-63-34-32-61-30-28-59-26-24-57-22-20-55-18-16-53-14-12-51-10-8-49-6-4-42(46)47/h4-41H2,1-3H3,(H,45,48)(H,46,47). The van der Waals surface area contributed by atoms with E-state index in [1.807, 2.05) is 20.8 Å². The van der Waals surface area contributed by atoms with Crippen LogP contribution >= 0.6 is 0 Å². The maximum Gasteiger partial charge on any atom is 0.407 e. The molecule has 0 heterocycles. The number of aliphatic carboxylic acids is 1. The number of carboxylic acids is 1. The normalized spacial score (nSPS) is 11.7. The van der Waals surface area contributed by atoms with Crippen molar-refractivity contribution in [2.75, 3.05) is 244 Å². The summed E-state index contributed by atoms with van der Waals surface area (Å²) >= 11 is 0. The van der Waals surface area contributed by atoms with Crippen LogP contribution in [0.25, 0.3) is 0 Å². The fourth-order valence-corrected chi connectivity index (χ4v) is 4.54. The predicted molar refractivity (Wildman–Crippen MR) is 241 cm³/mol. The Kier molecular flexibility index (Phi) is 53.3. The molecule has 400 valence electrons. The van der Waals surface area contributed by atoms with Gasteiger partial charge in [-0.2, -0.15) is 0 Å². The molecule has 23 nitrogen and oxygen atoms in total. The van der Waals surface area contributed by atoms with Crippen LogP contribution in [-0.4, -0.2) is 267 Å². The molecule has 0 aromatic heterocycles. The van der Waals surface area contributed by atoms with Crippen LogP contribution in [-0.2, 0) is 94.8 Å². The number of alkyl carbamates (subject to hydrolysis) is 1. The zero-order valence-electron chi connectivity index (χ0n) is 40.9. The molecule has 0 aromatic rings. The van der Waals surface area contributed by atoms with Gasteiger partial charge in [0.05, 0.1) is 244 Å². The van der Waals surface area contributed by atoms with Gasteiger partial charge in [-0.15, -0.1) is 0 Å². The van der Waals surface area contributed by atoms with Gasteiger partial charge < -0.3 is 100 Å². The zero-order valence-corrected chi connectivity index (χ0v) is 40.9. The van der Waals surface area contributed by atoms with E-state index in [0.717, 1.165) is 0 Å². The Morgan fingerprint density at radius 1 is 0.299 bits per heavy atom. The second kappa shape index (κ2) is 55.0. The highest BCUT2D eigenvalue weighted by atomic mass is 16.6. The molecule has 0 atom stereocenters. The van der Waals surface area contributed by atoms with Crippen molar-refractivity contribution in [1.29, 1.82) is 0 Å². The number of ether oxygens (including phenoxy) is 19. The smallest absolute Gasteiger partial charge is 0.407 e. The molecule has 0 bridgehead atoms. The number of carboxylic acid groups (broad SMARTS) is 1. The molecule has 1 amide bonds. The molecular formula is C44H87NO22. The van der Waals surface area contributed by atoms with Crippen molar-refractivity contribution in [2.24, 2.45) is 0 Å². The molecule has 0 unspecified atom stereocenters. The van der Waals surface area contributed by atoms with Crippen LogP contribution in [0, 0.1) is 0 Å². The third kappa shape index (κ3) is 62.0. The van der Waals surface area contributed by atoms with E-state index in [4.69, 9.17) is 95.1 Å². The van der Waals surface area contributed by atoms with Crippen molar-refractivity contribution in [3.63, 3.8) is 0 Å². The van der Waals surface area contributed by atoms with Crippen molar-refractivity contribution < 1.29 is 105 Å². The van der Waals surface area contributed by atoms with Crippen molar-refractivity contribution >= 4 is 12.1 Å². The summed E-state index contributed by atoms with van der Waals surface area (Å²) in [6, 6.07) is 0. The lowest BCUT2D eigenvalue weighted by molar-refractivity contribution is -0.138. The Labute approximate surface area is 398 Å². The van der Waals surface area contributed by atoms with Crippen LogP contribution in [0.5, 0.6) is 0 Å². The lowest BCUT2D eigenvalue weighted by Crippen LogP contribution is -2.34. The molecule has 0 aliphatic rings. The minimum absolute atomic E-state index is 0.00916.